The van der Waals surface area contributed by atoms with Gasteiger partial charge in [0, 0.05) is 16.2 Å². The summed E-state index contributed by atoms with van der Waals surface area (Å²) in [5, 5.41) is 0. The van der Waals surface area contributed by atoms with Crippen LogP contribution in [-0.2, 0) is 10.2 Å². The predicted octanol–water partition coefficient (Wildman–Crippen LogP) is 3.11. The van der Waals surface area contributed by atoms with Crippen LogP contribution in [0.5, 0.6) is 0 Å². The van der Waals surface area contributed by atoms with Gasteiger partial charge in [-0.05, 0) is 32.9 Å². The van der Waals surface area contributed by atoms with E-state index in [1.807, 2.05) is 51.1 Å². The van der Waals surface area contributed by atoms with Gasteiger partial charge in [0.15, 0.2) is 0 Å². The molecule has 0 aliphatic rings. The van der Waals surface area contributed by atoms with Crippen molar-refractivity contribution >= 4 is 26.6 Å². The van der Waals surface area contributed by atoms with E-state index in [2.05, 4.69) is 0 Å². The molecule has 1 rings (SSSR count). The Morgan fingerprint density at radius 1 is 1.21 bits per heavy atom. The van der Waals surface area contributed by atoms with Crippen LogP contribution in [0.25, 0.3) is 0 Å². The van der Waals surface area contributed by atoms with Gasteiger partial charge in [0.2, 0.25) is 10.2 Å². The molecule has 0 aliphatic heterocycles. The minimum atomic E-state index is -1.52. The molecule has 0 fully saturated rings. The van der Waals surface area contributed by atoms with Gasteiger partial charge >= 0.3 is 0 Å². The molecule has 2 nitrogen and oxygen atoms in total. The summed E-state index contributed by atoms with van der Waals surface area (Å²) in [6, 6.07) is 9.51. The molecule has 78 valence electrons. The molecule has 4 heteroatoms. The topological polar surface area (TPSA) is 20.3 Å². The largest absolute Gasteiger partial charge is 0.274 e. The van der Waals surface area contributed by atoms with Crippen LogP contribution in [0, 0.1) is 0 Å². The first kappa shape index (κ1) is 11.5. The second-order valence-corrected chi connectivity index (χ2v) is 5.58. The summed E-state index contributed by atoms with van der Waals surface area (Å²) in [7, 11) is 4.14. The quantitative estimate of drug-likeness (QED) is 0.717. The molecule has 1 aromatic carbocycles. The normalized spacial score (nSPS) is 13.7. The molecule has 1 atom stereocenters. The van der Waals surface area contributed by atoms with Crippen molar-refractivity contribution in [1.82, 2.24) is 0 Å². The molecule has 0 N–H and O–H groups in total. The maximum Gasteiger partial charge on any atom is 0.218 e. The van der Waals surface area contributed by atoms with E-state index in [0.29, 0.717) is 0 Å². The van der Waals surface area contributed by atoms with Crippen LogP contribution in [0.1, 0.15) is 20.8 Å². The van der Waals surface area contributed by atoms with Crippen LogP contribution in [0.15, 0.2) is 30.3 Å². The Kier molecular flexibility index (Phi) is 3.56. The Morgan fingerprint density at radius 2 is 1.71 bits per heavy atom. The fourth-order valence-corrected chi connectivity index (χ4v) is 2.83. The van der Waals surface area contributed by atoms with Crippen molar-refractivity contribution in [3.63, 3.8) is 0 Å². The van der Waals surface area contributed by atoms with Crippen molar-refractivity contribution in [2.24, 2.45) is 0 Å². The number of benzene rings is 1. The Balaban J connectivity index is 3.08. The molecule has 0 amide bonds. The third-order valence-electron chi connectivity index (χ3n) is 1.74. The zero-order valence-electron chi connectivity index (χ0n) is 8.53. The highest BCUT2D eigenvalue weighted by atomic mass is 35.7. The molecule has 0 saturated heterocycles. The summed E-state index contributed by atoms with van der Waals surface area (Å²) in [5.41, 5.74) is 0.613. The van der Waals surface area contributed by atoms with Crippen molar-refractivity contribution < 1.29 is 4.21 Å². The number of para-hydroxylation sites is 1. The molecule has 0 saturated carbocycles. The molecule has 0 heterocycles. The standard InChI is InChI=1S/C10H14ClNOS/c1-10(2,3)12(14(11)13)9-7-5-4-6-8-9/h4-8H,1-3H3. The van der Waals surface area contributed by atoms with Crippen molar-refractivity contribution in [2.75, 3.05) is 4.31 Å². The summed E-state index contributed by atoms with van der Waals surface area (Å²) in [6.45, 7) is 5.92. The zero-order valence-corrected chi connectivity index (χ0v) is 10.1. The minimum absolute atomic E-state index is 0.256. The molecule has 0 aromatic heterocycles. The number of rotatable bonds is 2. The van der Waals surface area contributed by atoms with E-state index in [0.717, 1.165) is 5.69 Å². The molecular weight excluding hydrogens is 218 g/mol. The van der Waals surface area contributed by atoms with Crippen molar-refractivity contribution in [3.05, 3.63) is 30.3 Å². The summed E-state index contributed by atoms with van der Waals surface area (Å²) in [6.07, 6.45) is 0. The van der Waals surface area contributed by atoms with Gasteiger partial charge in [-0.1, -0.05) is 18.2 Å². The van der Waals surface area contributed by atoms with Gasteiger partial charge in [0.1, 0.15) is 0 Å². The van der Waals surface area contributed by atoms with Crippen molar-refractivity contribution in [3.8, 4) is 0 Å². The average molecular weight is 232 g/mol. The molecule has 14 heavy (non-hydrogen) atoms. The fraction of sp³-hybridized carbons (Fsp3) is 0.400. The van der Waals surface area contributed by atoms with Gasteiger partial charge < -0.3 is 0 Å². The number of anilines is 1. The summed E-state index contributed by atoms with van der Waals surface area (Å²) >= 11 is 0. The lowest BCUT2D eigenvalue weighted by molar-refractivity contribution is 0.576. The highest BCUT2D eigenvalue weighted by Crippen LogP contribution is 2.26. The van der Waals surface area contributed by atoms with E-state index in [-0.39, 0.29) is 5.54 Å². The van der Waals surface area contributed by atoms with E-state index in [1.165, 1.54) is 0 Å². The van der Waals surface area contributed by atoms with Gasteiger partial charge in [-0.2, -0.15) is 0 Å². The van der Waals surface area contributed by atoms with Crippen LogP contribution in [-0.4, -0.2) is 9.75 Å². The number of hydrogen-bond acceptors (Lipinski definition) is 1. The van der Waals surface area contributed by atoms with Crippen molar-refractivity contribution in [1.29, 1.82) is 0 Å². The molecule has 0 spiro atoms. The van der Waals surface area contributed by atoms with Gasteiger partial charge in [-0.3, -0.25) is 4.31 Å². The summed E-state index contributed by atoms with van der Waals surface area (Å²) in [5.74, 6) is 0. The molecular formula is C10H14ClNOS. The zero-order chi connectivity index (χ0) is 10.8. The summed E-state index contributed by atoms with van der Waals surface area (Å²) in [4.78, 5) is 0. The third kappa shape index (κ3) is 2.72. The van der Waals surface area contributed by atoms with E-state index in [9.17, 15) is 4.21 Å². The first-order chi connectivity index (χ1) is 6.43. The maximum atomic E-state index is 11.4. The first-order valence-electron chi connectivity index (χ1n) is 4.36. The molecule has 1 aromatic rings. The van der Waals surface area contributed by atoms with Gasteiger partial charge in [-0.25, -0.2) is 4.21 Å². The Morgan fingerprint density at radius 3 is 2.07 bits per heavy atom. The Hall–Kier alpha value is -0.540. The number of halogens is 1. The van der Waals surface area contributed by atoms with Gasteiger partial charge in [0.05, 0.1) is 5.69 Å². The molecule has 0 bridgehead atoms. The van der Waals surface area contributed by atoms with Gasteiger partial charge in [0.25, 0.3) is 0 Å². The van der Waals surface area contributed by atoms with E-state index < -0.39 is 10.2 Å². The SMILES string of the molecule is CC(C)(C)N(c1ccccc1)S(=O)Cl. The van der Waals surface area contributed by atoms with Crippen molar-refractivity contribution in [2.45, 2.75) is 26.3 Å². The highest BCUT2D eigenvalue weighted by Gasteiger charge is 2.25. The maximum absolute atomic E-state index is 11.4. The lowest BCUT2D eigenvalue weighted by Gasteiger charge is -2.33. The van der Waals surface area contributed by atoms with Crippen LogP contribution >= 0.6 is 10.7 Å². The first-order valence-corrected chi connectivity index (χ1v) is 6.29. The number of nitrogens with zero attached hydrogens (tertiary/aromatic N) is 1. The van der Waals surface area contributed by atoms with E-state index >= 15 is 0 Å². The van der Waals surface area contributed by atoms with Crippen LogP contribution in [0.2, 0.25) is 0 Å². The van der Waals surface area contributed by atoms with E-state index in [1.54, 1.807) is 4.31 Å². The molecule has 1 unspecified atom stereocenters. The van der Waals surface area contributed by atoms with E-state index in [4.69, 9.17) is 10.7 Å². The lowest BCUT2D eigenvalue weighted by Crippen LogP contribution is -2.40. The van der Waals surface area contributed by atoms with Gasteiger partial charge in [-0.15, -0.1) is 0 Å². The lowest BCUT2D eigenvalue weighted by atomic mass is 10.1. The Labute approximate surface area is 92.0 Å². The Bertz CT molecular complexity index is 321. The minimum Gasteiger partial charge on any atom is -0.274 e. The molecule has 0 aliphatic carbocycles. The smallest absolute Gasteiger partial charge is 0.218 e. The fourth-order valence-electron chi connectivity index (χ4n) is 1.25. The van der Waals surface area contributed by atoms with Crippen LogP contribution in [0.4, 0.5) is 5.69 Å². The monoisotopic (exact) mass is 231 g/mol. The second-order valence-electron chi connectivity index (χ2n) is 4.01. The number of hydrogen-bond donors (Lipinski definition) is 0. The average Bonchev–Trinajstić information content (AvgIpc) is 2.02. The third-order valence-corrected chi connectivity index (χ3v) is 3.20. The second kappa shape index (κ2) is 4.32. The highest BCUT2D eigenvalue weighted by molar-refractivity contribution is 8.09. The predicted molar refractivity (Wildman–Crippen MR) is 62.7 cm³/mol. The molecule has 0 radical (unpaired) electrons. The van der Waals surface area contributed by atoms with Crippen LogP contribution < -0.4 is 4.31 Å². The van der Waals surface area contributed by atoms with Crippen LogP contribution in [0.3, 0.4) is 0 Å². The summed E-state index contributed by atoms with van der Waals surface area (Å²) < 4.78 is 13.1.